The van der Waals surface area contributed by atoms with E-state index in [2.05, 4.69) is 19.2 Å². The fourth-order valence-electron chi connectivity index (χ4n) is 1.97. The molecular formula is C13H24N2O4. The lowest BCUT2D eigenvalue weighted by Gasteiger charge is -2.30. The lowest BCUT2D eigenvalue weighted by atomic mass is 10.1. The Labute approximate surface area is 114 Å². The second-order valence-electron chi connectivity index (χ2n) is 5.27. The first kappa shape index (κ1) is 15.8. The van der Waals surface area contributed by atoms with Crippen molar-refractivity contribution < 1.29 is 19.4 Å². The second kappa shape index (κ2) is 7.99. The van der Waals surface area contributed by atoms with Crippen LogP contribution in [-0.2, 0) is 9.53 Å². The van der Waals surface area contributed by atoms with Crippen molar-refractivity contribution in [2.75, 3.05) is 26.2 Å². The number of hydrogen-bond donors (Lipinski definition) is 2. The van der Waals surface area contributed by atoms with Crippen LogP contribution in [0.4, 0.5) is 4.79 Å². The number of nitrogens with zero attached hydrogens (tertiary/aromatic N) is 1. The number of carbonyl (C=O) groups is 2. The normalized spacial score (nSPS) is 19.5. The quantitative estimate of drug-likeness (QED) is 0.714. The van der Waals surface area contributed by atoms with Gasteiger partial charge in [0.1, 0.15) is 0 Å². The first-order valence-electron chi connectivity index (χ1n) is 6.88. The van der Waals surface area contributed by atoms with Crippen LogP contribution in [0.5, 0.6) is 0 Å². The lowest BCUT2D eigenvalue weighted by Crippen LogP contribution is -2.51. The summed E-state index contributed by atoms with van der Waals surface area (Å²) in [5.41, 5.74) is 0. The summed E-state index contributed by atoms with van der Waals surface area (Å²) in [6.45, 7) is 5.84. The van der Waals surface area contributed by atoms with Gasteiger partial charge in [-0.2, -0.15) is 0 Å². The summed E-state index contributed by atoms with van der Waals surface area (Å²) in [5.74, 6) is -0.333. The van der Waals surface area contributed by atoms with E-state index in [1.165, 1.54) is 4.90 Å². The molecule has 1 rings (SSSR count). The molecule has 110 valence electrons. The highest BCUT2D eigenvalue weighted by Crippen LogP contribution is 2.07. The van der Waals surface area contributed by atoms with Crippen LogP contribution in [0.3, 0.4) is 0 Å². The average molecular weight is 272 g/mol. The molecule has 0 saturated carbocycles. The molecule has 0 aliphatic carbocycles. The monoisotopic (exact) mass is 272 g/mol. The van der Waals surface area contributed by atoms with E-state index in [-0.39, 0.29) is 19.2 Å². The van der Waals surface area contributed by atoms with Crippen molar-refractivity contribution in [2.45, 2.75) is 39.2 Å². The zero-order chi connectivity index (χ0) is 14.3. The number of hydrogen-bond acceptors (Lipinski definition) is 3. The van der Waals surface area contributed by atoms with Crippen molar-refractivity contribution in [1.82, 2.24) is 10.2 Å². The highest BCUT2D eigenvalue weighted by molar-refractivity contribution is 5.77. The van der Waals surface area contributed by atoms with Crippen LogP contribution in [0.1, 0.15) is 33.1 Å². The number of urea groups is 1. The molecule has 6 nitrogen and oxygen atoms in total. The summed E-state index contributed by atoms with van der Waals surface area (Å²) < 4.78 is 5.07. The zero-order valence-corrected chi connectivity index (χ0v) is 11.7. The van der Waals surface area contributed by atoms with Crippen molar-refractivity contribution in [3.05, 3.63) is 0 Å². The van der Waals surface area contributed by atoms with E-state index in [0.717, 1.165) is 19.3 Å². The molecule has 0 aromatic heterocycles. The summed E-state index contributed by atoms with van der Waals surface area (Å²) in [6, 6.07) is -0.195. The first-order chi connectivity index (χ1) is 9.00. The third-order valence-electron chi connectivity index (χ3n) is 3.11. The Kier molecular flexibility index (Phi) is 6.62. The van der Waals surface area contributed by atoms with E-state index >= 15 is 0 Å². The molecule has 2 amide bonds. The van der Waals surface area contributed by atoms with Gasteiger partial charge < -0.3 is 20.1 Å². The van der Waals surface area contributed by atoms with E-state index in [1.54, 1.807) is 0 Å². The summed E-state index contributed by atoms with van der Waals surface area (Å²) in [4.78, 5) is 24.1. The number of carboxylic acids is 1. The number of ether oxygens (including phenoxy) is 1. The minimum absolute atomic E-state index is 0.118. The van der Waals surface area contributed by atoms with Crippen LogP contribution in [0.25, 0.3) is 0 Å². The van der Waals surface area contributed by atoms with Gasteiger partial charge in [-0.25, -0.2) is 9.59 Å². The standard InChI is InChI=1S/C13H24N2O4/c1-10(2)5-3-4-6-14-13(18)15-7-8-19-11(9-15)12(16)17/h10-11H,3-9H2,1-2H3,(H,14,18)(H,16,17). The van der Waals surface area contributed by atoms with Gasteiger partial charge >= 0.3 is 12.0 Å². The molecule has 0 spiro atoms. The number of nitrogens with one attached hydrogen (secondary N) is 1. The van der Waals surface area contributed by atoms with Crippen LogP contribution in [0.2, 0.25) is 0 Å². The summed E-state index contributed by atoms with van der Waals surface area (Å²) in [6.07, 6.45) is 2.31. The van der Waals surface area contributed by atoms with Gasteiger partial charge in [-0.3, -0.25) is 0 Å². The smallest absolute Gasteiger partial charge is 0.334 e. The Balaban J connectivity index is 2.20. The SMILES string of the molecule is CC(C)CCCCNC(=O)N1CCOC(C(=O)O)C1. The topological polar surface area (TPSA) is 78.9 Å². The molecule has 0 aromatic carbocycles. The second-order valence-corrected chi connectivity index (χ2v) is 5.27. The molecule has 2 N–H and O–H groups in total. The highest BCUT2D eigenvalue weighted by Gasteiger charge is 2.28. The Morgan fingerprint density at radius 3 is 2.79 bits per heavy atom. The number of carbonyl (C=O) groups excluding carboxylic acids is 1. The van der Waals surface area contributed by atoms with Crippen molar-refractivity contribution in [3.63, 3.8) is 0 Å². The maximum Gasteiger partial charge on any atom is 0.334 e. The summed E-state index contributed by atoms with van der Waals surface area (Å²) in [5, 5.41) is 11.7. The molecule has 1 saturated heterocycles. The van der Waals surface area contributed by atoms with Crippen molar-refractivity contribution in [2.24, 2.45) is 5.92 Å². The van der Waals surface area contributed by atoms with Crippen molar-refractivity contribution in [1.29, 1.82) is 0 Å². The minimum atomic E-state index is -1.02. The van der Waals surface area contributed by atoms with Gasteiger partial charge in [0.15, 0.2) is 6.10 Å². The molecule has 1 heterocycles. The summed E-state index contributed by atoms with van der Waals surface area (Å²) in [7, 11) is 0. The molecule has 0 radical (unpaired) electrons. The largest absolute Gasteiger partial charge is 0.479 e. The number of unbranched alkanes of at least 4 members (excludes halogenated alkanes) is 1. The Morgan fingerprint density at radius 1 is 1.42 bits per heavy atom. The summed E-state index contributed by atoms with van der Waals surface area (Å²) >= 11 is 0. The predicted octanol–water partition coefficient (Wildman–Crippen LogP) is 1.31. The van der Waals surface area contributed by atoms with Gasteiger partial charge in [0.2, 0.25) is 0 Å². The van der Waals surface area contributed by atoms with Crippen molar-refractivity contribution >= 4 is 12.0 Å². The third kappa shape index (κ3) is 5.92. The first-order valence-corrected chi connectivity index (χ1v) is 6.88. The van der Waals surface area contributed by atoms with Gasteiger partial charge in [-0.1, -0.05) is 26.7 Å². The van der Waals surface area contributed by atoms with E-state index < -0.39 is 12.1 Å². The van der Waals surface area contributed by atoms with Gasteiger partial charge in [-0.05, 0) is 12.3 Å². The van der Waals surface area contributed by atoms with Crippen LogP contribution < -0.4 is 5.32 Å². The molecule has 1 atom stereocenters. The van der Waals surface area contributed by atoms with E-state index in [4.69, 9.17) is 9.84 Å². The Hall–Kier alpha value is -1.30. The number of carboxylic acid groups (broad SMARTS) is 1. The molecule has 0 aromatic rings. The van der Waals surface area contributed by atoms with Crippen LogP contribution in [0.15, 0.2) is 0 Å². The number of amides is 2. The third-order valence-corrected chi connectivity index (χ3v) is 3.11. The van der Waals surface area contributed by atoms with Crippen molar-refractivity contribution in [3.8, 4) is 0 Å². The Morgan fingerprint density at radius 2 is 2.16 bits per heavy atom. The molecule has 1 unspecified atom stereocenters. The fraction of sp³-hybridized carbons (Fsp3) is 0.846. The van der Waals surface area contributed by atoms with Crippen LogP contribution in [0, 0.1) is 5.92 Å². The zero-order valence-electron chi connectivity index (χ0n) is 11.7. The number of morpholine rings is 1. The van der Waals surface area contributed by atoms with Gasteiger partial charge in [-0.15, -0.1) is 0 Å². The van der Waals surface area contributed by atoms with Gasteiger partial charge in [0.25, 0.3) is 0 Å². The van der Waals surface area contributed by atoms with E-state index in [0.29, 0.717) is 19.0 Å². The lowest BCUT2D eigenvalue weighted by molar-refractivity contribution is -0.154. The molecule has 1 fully saturated rings. The predicted molar refractivity (Wildman–Crippen MR) is 71.0 cm³/mol. The molecule has 6 heteroatoms. The van der Waals surface area contributed by atoms with E-state index in [9.17, 15) is 9.59 Å². The average Bonchev–Trinajstić information content (AvgIpc) is 2.37. The van der Waals surface area contributed by atoms with Crippen LogP contribution in [-0.4, -0.2) is 54.4 Å². The molecule has 1 aliphatic rings. The van der Waals surface area contributed by atoms with Gasteiger partial charge in [0, 0.05) is 13.1 Å². The Bertz CT molecular complexity index is 307. The fourth-order valence-corrected chi connectivity index (χ4v) is 1.97. The van der Waals surface area contributed by atoms with Crippen LogP contribution >= 0.6 is 0 Å². The molecule has 0 bridgehead atoms. The molecule has 1 aliphatic heterocycles. The minimum Gasteiger partial charge on any atom is -0.479 e. The maximum absolute atomic E-state index is 11.8. The molecular weight excluding hydrogens is 248 g/mol. The number of rotatable bonds is 6. The van der Waals surface area contributed by atoms with Gasteiger partial charge in [0.05, 0.1) is 13.2 Å². The highest BCUT2D eigenvalue weighted by atomic mass is 16.5. The number of aliphatic carboxylic acids is 1. The maximum atomic E-state index is 11.8. The molecule has 19 heavy (non-hydrogen) atoms. The van der Waals surface area contributed by atoms with E-state index in [1.807, 2.05) is 0 Å².